The maximum atomic E-state index is 2.68. The Hall–Kier alpha value is -5.32. The van der Waals surface area contributed by atoms with Crippen molar-refractivity contribution in [2.45, 2.75) is 274 Å². The van der Waals surface area contributed by atoms with Gasteiger partial charge in [0, 0.05) is 76.8 Å². The molecule has 2 aliphatic heterocycles. The lowest BCUT2D eigenvalue weighted by Crippen LogP contribution is -2.61. The van der Waals surface area contributed by atoms with Crippen molar-refractivity contribution in [3.63, 3.8) is 0 Å². The van der Waals surface area contributed by atoms with Gasteiger partial charge in [0.1, 0.15) is 0 Å². The minimum Gasteiger partial charge on any atom is -0.311 e. The van der Waals surface area contributed by atoms with Crippen LogP contribution in [-0.4, -0.2) is 6.99 Å². The fraction of sp³-hybridized carbons (Fsp3) is 0.429. The second kappa shape index (κ2) is 29.8. The lowest BCUT2D eigenvalue weighted by atomic mass is 9.35. The van der Waals surface area contributed by atoms with Crippen molar-refractivity contribution in [3.8, 4) is 0 Å². The first kappa shape index (κ1) is 83.1. The number of benzene rings is 8. The van der Waals surface area contributed by atoms with Crippen LogP contribution < -0.4 is 35.3 Å². The van der Waals surface area contributed by atoms with Gasteiger partial charge in [0.15, 0.2) is 0 Å². The third kappa shape index (κ3) is 16.8. The maximum Gasteiger partial charge on any atom is 0.355 e. The van der Waals surface area contributed by atoms with Crippen molar-refractivity contribution < 1.29 is 0 Å². The molecule has 4 heterocycles. The highest BCUT2D eigenvalue weighted by atomic mass is 127. The summed E-state index contributed by atoms with van der Waals surface area (Å²) in [5.74, 6) is 0. The molecule has 0 amide bonds. The molecule has 109 heavy (non-hydrogen) atoms. The number of aryl methyl sites for hydroxylation is 2. The van der Waals surface area contributed by atoms with Gasteiger partial charge >= 0.3 is 0.282 Å². The van der Waals surface area contributed by atoms with Gasteiger partial charge in [-0.25, -0.2) is 0 Å². The molecule has 2 aromatic heterocycles. The molecular formula is C98H121B2I3N4S2. The van der Waals surface area contributed by atoms with Gasteiger partial charge in [-0.15, -0.1) is 78.5 Å². The van der Waals surface area contributed by atoms with Gasteiger partial charge in [-0.1, -0.05) is 253 Å². The van der Waals surface area contributed by atoms with Crippen LogP contribution in [0, 0.1) is 13.8 Å². The van der Waals surface area contributed by atoms with Gasteiger partial charge < -0.3 is 19.6 Å². The molecule has 10 aromatic rings. The Balaban J connectivity index is 0.000000194. The summed E-state index contributed by atoms with van der Waals surface area (Å²) >= 11 is 11.0. The quantitative estimate of drug-likeness (QED) is 0.111. The smallest absolute Gasteiger partial charge is 0.311 e. The highest BCUT2D eigenvalue weighted by molar-refractivity contribution is 14.4. The predicted octanol–water partition coefficient (Wildman–Crippen LogP) is 29.9. The summed E-state index contributed by atoms with van der Waals surface area (Å²) in [5, 5.41) is 2.44. The standard InChI is InChI=1S/C49H59BN2S.C49H62N2S.BI3/c1-30-27-38-41-39(28-30)52(35-22-17-32(18-23-35)46(5,6)7)42-40-43(49(13,14)26-25-48(40,11)12)53-44(42)50(41)36-29-33(47(8,9)10)19-24-37(36)51(38)34-20-15-31(16-21-34)45(2,3)4;1-33-29-40(50(37-21-15-34(16-22-37)45(2,3)4)38-23-17-35(18-24-38)46(5,6)7)31-41(30-33)51(39-25-19-36(20-26-39)47(8,9)10)42-32-52-44-43(42)48(11,12)27-28-49(44,13)14;2-1(3)4/h15-24,27-29H,25-26H2,1-14H3;15-26,29-32H,27-28H2,1-14H3;. The van der Waals surface area contributed by atoms with E-state index in [2.05, 4.69) is 467 Å². The largest absolute Gasteiger partial charge is 0.355 e. The Bertz CT molecular complexity index is 4920. The average molecular weight is 1820 g/mol. The van der Waals surface area contributed by atoms with Crippen LogP contribution in [0.25, 0.3) is 0 Å². The summed E-state index contributed by atoms with van der Waals surface area (Å²) in [6.07, 6.45) is 4.78. The van der Waals surface area contributed by atoms with Crippen LogP contribution in [0.3, 0.4) is 0 Å². The first-order valence-corrected chi connectivity index (χ1v) is 45.2. The van der Waals surface area contributed by atoms with Crippen molar-refractivity contribution in [2.24, 2.45) is 0 Å². The lowest BCUT2D eigenvalue weighted by Gasteiger charge is -2.45. The SMILES string of the molecule is Cc1cc(N(c2ccc(C(C)(C)C)cc2)c2ccc(C(C)(C)C)cc2)cc(N(c2ccc(C(C)(C)C)cc2)c2csc3c2C(C)(C)CCC3(C)C)c1.Cc1cc2c3c(c1)N(c1ccc(C(C)(C)C)cc1)c1c(sc4c1C(C)(C)CCC4(C)C)B3c1cc(C(C)(C)C)ccc1N2c1ccc(C(C)(C)C)cc1.IB(I)I. The van der Waals surface area contributed by atoms with Crippen LogP contribution in [0.4, 0.5) is 68.2 Å². The number of hydrogen-bond acceptors (Lipinski definition) is 6. The van der Waals surface area contributed by atoms with E-state index >= 15 is 0 Å². The van der Waals surface area contributed by atoms with Crippen molar-refractivity contribution in [2.75, 3.05) is 19.6 Å². The number of rotatable bonds is 8. The molecule has 4 nitrogen and oxygen atoms in total. The normalized spacial score (nSPS) is 16.1. The summed E-state index contributed by atoms with van der Waals surface area (Å²) in [6, 6.07) is 66.0. The molecule has 0 fully saturated rings. The van der Waals surface area contributed by atoms with E-state index in [9.17, 15) is 0 Å². The molecule has 0 spiro atoms. The summed E-state index contributed by atoms with van der Waals surface area (Å²) in [5.41, 5.74) is 32.4. The van der Waals surface area contributed by atoms with E-state index in [0.29, 0.717) is 0 Å². The minimum absolute atomic E-state index is 0.0294. The van der Waals surface area contributed by atoms with Crippen molar-refractivity contribution in [3.05, 3.63) is 241 Å². The van der Waals surface area contributed by atoms with Gasteiger partial charge in [-0.3, -0.25) is 0 Å². The van der Waals surface area contributed by atoms with E-state index in [0.717, 1.165) is 17.3 Å². The lowest BCUT2D eigenvalue weighted by molar-refractivity contribution is 0.339. The summed E-state index contributed by atoms with van der Waals surface area (Å²) in [6.45, 7) is 65.9. The molecule has 572 valence electrons. The number of anilines is 12. The van der Waals surface area contributed by atoms with Gasteiger partial charge in [-0.2, -0.15) is 11.3 Å². The second-order valence-corrected chi connectivity index (χ2v) is 53.5. The molecule has 2 aliphatic carbocycles. The van der Waals surface area contributed by atoms with E-state index in [4.69, 9.17) is 0 Å². The second-order valence-electron chi connectivity index (χ2n) is 40.7. The molecule has 14 rings (SSSR count). The Morgan fingerprint density at radius 2 is 0.706 bits per heavy atom. The zero-order chi connectivity index (χ0) is 79.8. The Kier molecular flexibility index (Phi) is 22.7. The highest BCUT2D eigenvalue weighted by Gasteiger charge is 2.51. The van der Waals surface area contributed by atoms with Crippen LogP contribution in [-0.2, 0) is 54.1 Å². The van der Waals surface area contributed by atoms with Crippen molar-refractivity contribution in [1.29, 1.82) is 0 Å². The molecule has 0 radical (unpaired) electrons. The number of hydrogen-bond donors (Lipinski definition) is 0. The Morgan fingerprint density at radius 1 is 0.367 bits per heavy atom. The van der Waals surface area contributed by atoms with E-state index < -0.39 is 0 Å². The fourth-order valence-corrected chi connectivity index (χ4v) is 20.0. The van der Waals surface area contributed by atoms with Gasteiger partial charge in [0.25, 0.3) is 6.71 Å². The molecule has 0 bridgehead atoms. The summed E-state index contributed by atoms with van der Waals surface area (Å²) in [4.78, 5) is 13.3. The fourth-order valence-electron chi connectivity index (χ4n) is 16.9. The van der Waals surface area contributed by atoms with E-state index in [1.807, 2.05) is 11.3 Å². The minimum atomic E-state index is 0.0294. The van der Waals surface area contributed by atoms with Crippen LogP contribution in [0.5, 0.6) is 0 Å². The number of halogens is 3. The average Bonchev–Trinajstić information content (AvgIpc) is 1.59. The van der Waals surface area contributed by atoms with E-state index in [1.165, 1.54) is 148 Å². The van der Waals surface area contributed by atoms with Crippen molar-refractivity contribution in [1.82, 2.24) is 0 Å². The zero-order valence-electron chi connectivity index (χ0n) is 71.0. The monoisotopic (exact) mass is 1820 g/mol. The highest BCUT2D eigenvalue weighted by Crippen LogP contribution is 2.59. The van der Waals surface area contributed by atoms with Crippen LogP contribution in [0.15, 0.2) is 175 Å². The van der Waals surface area contributed by atoms with Gasteiger partial charge in [-0.05, 0) is 257 Å². The van der Waals surface area contributed by atoms with E-state index in [1.54, 1.807) is 10.4 Å². The topological polar surface area (TPSA) is 13.0 Å². The molecule has 4 aliphatic rings. The number of nitrogens with zero attached hydrogens (tertiary/aromatic N) is 4. The molecule has 8 aromatic carbocycles. The van der Waals surface area contributed by atoms with Gasteiger partial charge in [0.2, 0.25) is 0 Å². The third-order valence-corrected chi connectivity index (χ3v) is 26.7. The molecule has 0 saturated heterocycles. The number of fused-ring (bicyclic) bond motifs is 7. The molecule has 11 heteroatoms. The van der Waals surface area contributed by atoms with Crippen LogP contribution >= 0.6 is 89.8 Å². The maximum absolute atomic E-state index is 2.68. The molecule has 0 saturated carbocycles. The molecule has 0 unspecified atom stereocenters. The molecule has 0 atom stereocenters. The van der Waals surface area contributed by atoms with Gasteiger partial charge in [0.05, 0.1) is 11.4 Å². The molecule has 0 N–H and O–H groups in total. The van der Waals surface area contributed by atoms with Crippen LogP contribution in [0.2, 0.25) is 0 Å². The zero-order valence-corrected chi connectivity index (χ0v) is 79.1. The van der Waals surface area contributed by atoms with Crippen molar-refractivity contribution >= 4 is 181 Å². The van der Waals surface area contributed by atoms with Crippen LogP contribution in [0.1, 0.15) is 271 Å². The Labute approximate surface area is 707 Å². The first-order chi connectivity index (χ1) is 50.4. The number of thiophene rings is 2. The third-order valence-electron chi connectivity index (χ3n) is 23.8. The molecular weight excluding hydrogens is 1700 g/mol. The first-order valence-electron chi connectivity index (χ1n) is 39.7. The summed E-state index contributed by atoms with van der Waals surface area (Å²) in [7, 11) is 0. The predicted molar refractivity (Wildman–Crippen MR) is 512 cm³/mol. The van der Waals surface area contributed by atoms with E-state index in [-0.39, 0.29) is 60.9 Å². The summed E-state index contributed by atoms with van der Waals surface area (Å²) < 4.78 is 2.25. The Morgan fingerprint density at radius 3 is 1.13 bits per heavy atom.